The largest absolute Gasteiger partial charge is 0.453 e. The Morgan fingerprint density at radius 2 is 1.23 bits per heavy atom. The van der Waals surface area contributed by atoms with E-state index < -0.39 is 24.3 Å². The van der Waals surface area contributed by atoms with Crippen molar-refractivity contribution in [3.63, 3.8) is 0 Å². The Morgan fingerprint density at radius 1 is 0.750 bits per heavy atom. The molecule has 6 unspecified atom stereocenters. The highest BCUT2D eigenvalue weighted by atomic mass is 16.5. The molecular weight excluding hydrogens is 664 g/mol. The number of imidazole rings is 2. The molecule has 14 heteroatoms. The number of carbonyl (C=O) groups is 4. The Kier molecular flexibility index (Phi) is 11.9. The van der Waals surface area contributed by atoms with Crippen molar-refractivity contribution in [3.8, 4) is 23.1 Å². The van der Waals surface area contributed by atoms with Gasteiger partial charge in [-0.3, -0.25) is 9.59 Å². The number of nitrogens with one attached hydrogen (secondary N) is 4. The average Bonchev–Trinajstić information content (AvgIpc) is 3.94. The summed E-state index contributed by atoms with van der Waals surface area (Å²) in [7, 11) is 2.56. The van der Waals surface area contributed by atoms with Crippen LogP contribution in [-0.2, 0) is 19.1 Å². The van der Waals surface area contributed by atoms with Crippen LogP contribution in [0.3, 0.4) is 0 Å². The zero-order chi connectivity index (χ0) is 37.7. The fourth-order valence-corrected chi connectivity index (χ4v) is 6.95. The number of benzene rings is 1. The number of alkyl carbamates (subject to hydrolysis) is 2. The van der Waals surface area contributed by atoms with Gasteiger partial charge in [-0.15, -0.1) is 0 Å². The number of carbonyl (C=O) groups excluding carboxylic acids is 4. The summed E-state index contributed by atoms with van der Waals surface area (Å²) >= 11 is 0. The minimum atomic E-state index is -0.713. The van der Waals surface area contributed by atoms with E-state index in [0.717, 1.165) is 29.7 Å². The molecule has 6 atom stereocenters. The van der Waals surface area contributed by atoms with Crippen LogP contribution in [0, 0.1) is 35.5 Å². The normalized spacial score (nSPS) is 21.0. The summed E-state index contributed by atoms with van der Waals surface area (Å²) < 4.78 is 9.50. The van der Waals surface area contributed by atoms with Crippen LogP contribution in [0.1, 0.15) is 89.4 Å². The van der Waals surface area contributed by atoms with Crippen molar-refractivity contribution in [1.29, 1.82) is 0 Å². The monoisotopic (exact) mass is 714 g/mol. The van der Waals surface area contributed by atoms with Gasteiger partial charge in [-0.2, -0.15) is 0 Å². The number of likely N-dealkylation sites (tertiary alicyclic amines) is 2. The van der Waals surface area contributed by atoms with E-state index in [-0.39, 0.29) is 47.6 Å². The zero-order valence-electron chi connectivity index (χ0n) is 31.1. The third-order valence-electron chi connectivity index (χ3n) is 9.73. The SMILES string of the molecule is COC(=O)NC(C(=O)N1CC(C)CC1c1ncc(C#Cc2ccc(-c3cnc(C4CC(C)CN4C(=O)C(NC(=O)OC)C(C)C)[nH]3)cc2)[nH]1)C(C)C. The number of ether oxygens (including phenoxy) is 2. The number of methoxy groups -OCH3 is 2. The molecule has 2 aliphatic heterocycles. The first-order valence-electron chi connectivity index (χ1n) is 17.8. The Bertz CT molecular complexity index is 1800. The predicted molar refractivity (Wildman–Crippen MR) is 193 cm³/mol. The van der Waals surface area contributed by atoms with Crippen molar-refractivity contribution in [2.24, 2.45) is 23.7 Å². The van der Waals surface area contributed by atoms with Crippen LogP contribution < -0.4 is 10.6 Å². The fraction of sp³-hybridized carbons (Fsp3) is 0.526. The van der Waals surface area contributed by atoms with Gasteiger partial charge in [0.25, 0.3) is 0 Å². The van der Waals surface area contributed by atoms with Gasteiger partial charge in [0.15, 0.2) is 0 Å². The molecule has 1 aromatic carbocycles. The standard InChI is InChI=1S/C38H50N8O6/c1-21(2)31(43-37(49)51-7)35(47)45-19-23(5)15-29(45)33-39-17-27(41-33)14-11-25-9-12-26(13-10-25)28-18-40-34(42-28)30-16-24(6)20-46(30)36(48)32(22(3)4)44-38(50)52-8/h9-10,12-13,17-18,21-24,29-32H,15-16,19-20H2,1-8H3,(H,39,41)(H,40,42)(H,43,49)(H,44,50). The van der Waals surface area contributed by atoms with Gasteiger partial charge < -0.3 is 39.9 Å². The van der Waals surface area contributed by atoms with Crippen LogP contribution in [0.25, 0.3) is 11.3 Å². The molecule has 4 N–H and O–H groups in total. The number of H-pyrrole nitrogens is 2. The van der Waals surface area contributed by atoms with E-state index >= 15 is 0 Å². The van der Waals surface area contributed by atoms with Crippen molar-refractivity contribution >= 4 is 24.0 Å². The molecule has 0 bridgehead atoms. The quantitative estimate of drug-likeness (QED) is 0.229. The lowest BCUT2D eigenvalue weighted by atomic mass is 10.0. The van der Waals surface area contributed by atoms with E-state index in [4.69, 9.17) is 9.47 Å². The van der Waals surface area contributed by atoms with Crippen LogP contribution in [0.4, 0.5) is 9.59 Å². The number of aromatic nitrogens is 4. The van der Waals surface area contributed by atoms with Gasteiger partial charge in [0.1, 0.15) is 29.4 Å². The van der Waals surface area contributed by atoms with Crippen molar-refractivity contribution in [2.45, 2.75) is 78.6 Å². The highest BCUT2D eigenvalue weighted by molar-refractivity contribution is 5.87. The topological polar surface area (TPSA) is 175 Å². The van der Waals surface area contributed by atoms with E-state index in [1.54, 1.807) is 22.2 Å². The molecule has 52 heavy (non-hydrogen) atoms. The molecule has 14 nitrogen and oxygen atoms in total. The first-order valence-corrected chi connectivity index (χ1v) is 17.8. The van der Waals surface area contributed by atoms with Crippen molar-refractivity contribution in [1.82, 2.24) is 40.4 Å². The maximum absolute atomic E-state index is 13.6. The average molecular weight is 715 g/mol. The molecule has 2 saturated heterocycles. The molecule has 0 saturated carbocycles. The minimum absolute atomic E-state index is 0.120. The summed E-state index contributed by atoms with van der Waals surface area (Å²) in [5.74, 6) is 7.66. The lowest BCUT2D eigenvalue weighted by Crippen LogP contribution is -2.51. The molecule has 0 spiro atoms. The molecule has 278 valence electrons. The third kappa shape index (κ3) is 8.58. The van der Waals surface area contributed by atoms with Gasteiger partial charge in [-0.05, 0) is 60.1 Å². The maximum atomic E-state index is 13.6. The molecule has 2 aromatic heterocycles. The van der Waals surface area contributed by atoms with Crippen molar-refractivity contribution in [3.05, 3.63) is 59.6 Å². The van der Waals surface area contributed by atoms with E-state index in [0.29, 0.717) is 30.4 Å². The van der Waals surface area contributed by atoms with E-state index in [1.807, 2.05) is 52.0 Å². The number of nitrogens with zero attached hydrogens (tertiary/aromatic N) is 4. The van der Waals surface area contributed by atoms with Gasteiger partial charge in [0.05, 0.1) is 44.4 Å². The number of rotatable bonds is 9. The number of hydrogen-bond donors (Lipinski definition) is 4. The molecule has 2 fully saturated rings. The molecule has 4 heterocycles. The molecule has 0 radical (unpaired) electrons. The first kappa shape index (κ1) is 37.9. The van der Waals surface area contributed by atoms with Crippen molar-refractivity contribution < 1.29 is 28.7 Å². The Balaban J connectivity index is 1.26. The summed E-state index contributed by atoms with van der Waals surface area (Å²) in [6, 6.07) is 5.86. The summed E-state index contributed by atoms with van der Waals surface area (Å²) in [5, 5.41) is 5.38. The predicted octanol–water partition coefficient (Wildman–Crippen LogP) is 4.78. The summed E-state index contributed by atoms with van der Waals surface area (Å²) in [4.78, 5) is 70.6. The van der Waals surface area contributed by atoms with Gasteiger partial charge >= 0.3 is 12.2 Å². The Labute approximate surface area is 304 Å². The second kappa shape index (κ2) is 16.4. The van der Waals surface area contributed by atoms with Gasteiger partial charge in [0, 0.05) is 18.7 Å². The summed E-state index contributed by atoms with van der Waals surface area (Å²) in [6.07, 6.45) is 3.67. The van der Waals surface area contributed by atoms with Gasteiger partial charge in [-0.1, -0.05) is 59.6 Å². The van der Waals surface area contributed by atoms with E-state index in [1.165, 1.54) is 14.2 Å². The highest BCUT2D eigenvalue weighted by Crippen LogP contribution is 2.36. The van der Waals surface area contributed by atoms with Crippen LogP contribution in [0.15, 0.2) is 36.7 Å². The molecule has 4 amide bonds. The number of hydrogen-bond acceptors (Lipinski definition) is 8. The second-order valence-corrected chi connectivity index (χ2v) is 14.6. The number of aromatic amines is 2. The van der Waals surface area contributed by atoms with Crippen molar-refractivity contribution in [2.75, 3.05) is 27.3 Å². The maximum Gasteiger partial charge on any atom is 0.407 e. The lowest BCUT2D eigenvalue weighted by Gasteiger charge is -2.30. The Hall–Kier alpha value is -5.32. The van der Waals surface area contributed by atoms with E-state index in [9.17, 15) is 19.2 Å². The zero-order valence-corrected chi connectivity index (χ0v) is 31.1. The fourth-order valence-electron chi connectivity index (χ4n) is 6.95. The third-order valence-corrected chi connectivity index (χ3v) is 9.73. The van der Waals surface area contributed by atoms with Crippen LogP contribution in [0.5, 0.6) is 0 Å². The van der Waals surface area contributed by atoms with Crippen LogP contribution >= 0.6 is 0 Å². The van der Waals surface area contributed by atoms with Crippen LogP contribution in [-0.4, -0.2) is 93.1 Å². The van der Waals surface area contributed by atoms with E-state index in [2.05, 4.69) is 56.3 Å². The molecule has 3 aromatic rings. The molecule has 2 aliphatic rings. The summed E-state index contributed by atoms with van der Waals surface area (Å²) in [6.45, 7) is 12.9. The number of amides is 4. The molecule has 5 rings (SSSR count). The smallest absolute Gasteiger partial charge is 0.407 e. The minimum Gasteiger partial charge on any atom is -0.453 e. The highest BCUT2D eigenvalue weighted by Gasteiger charge is 2.41. The molecular formula is C38H50N8O6. The van der Waals surface area contributed by atoms with Gasteiger partial charge in [0.2, 0.25) is 11.8 Å². The second-order valence-electron chi connectivity index (χ2n) is 14.6. The van der Waals surface area contributed by atoms with Gasteiger partial charge in [-0.25, -0.2) is 19.6 Å². The Morgan fingerprint density at radius 3 is 1.71 bits per heavy atom. The summed E-state index contributed by atoms with van der Waals surface area (Å²) in [5.41, 5.74) is 3.17. The molecule has 0 aliphatic carbocycles. The lowest BCUT2D eigenvalue weighted by molar-refractivity contribution is -0.136. The van der Waals surface area contributed by atoms with Crippen LogP contribution in [0.2, 0.25) is 0 Å². The first-order chi connectivity index (χ1) is 24.8.